The molecule has 0 aliphatic rings. The van der Waals surface area contributed by atoms with Crippen molar-refractivity contribution in [3.63, 3.8) is 0 Å². The van der Waals surface area contributed by atoms with E-state index in [0.717, 1.165) is 4.70 Å². The predicted octanol–water partition coefficient (Wildman–Crippen LogP) is 3.92. The summed E-state index contributed by atoms with van der Waals surface area (Å²) in [7, 11) is 0. The molecule has 2 rings (SSSR count). The van der Waals surface area contributed by atoms with E-state index < -0.39 is 0 Å². The molecule has 2 nitrogen and oxygen atoms in total. The van der Waals surface area contributed by atoms with Gasteiger partial charge in [0.25, 0.3) is 0 Å². The van der Waals surface area contributed by atoms with Gasteiger partial charge in [-0.25, -0.2) is 0 Å². The number of rotatable bonds is 1. The third-order valence-electron chi connectivity index (χ3n) is 2.27. The highest BCUT2D eigenvalue weighted by Gasteiger charge is 2.04. The molecule has 13 heavy (non-hydrogen) atoms. The van der Waals surface area contributed by atoms with Crippen LogP contribution in [-0.2, 0) is 0 Å². The summed E-state index contributed by atoms with van der Waals surface area (Å²) in [5, 5.41) is 4.15. The standard InChI is InChI=1S/C10H9NOS/c1-6-7(2)13-10-5-8(11-12)3-4-9(6)10/h3-5H,1-2H3. The Hall–Kier alpha value is -1.22. The number of fused-ring (bicyclic) bond motifs is 1. The van der Waals surface area contributed by atoms with Crippen molar-refractivity contribution in [2.24, 2.45) is 5.18 Å². The van der Waals surface area contributed by atoms with Crippen LogP contribution in [0.2, 0.25) is 0 Å². The normalized spacial score (nSPS) is 10.6. The van der Waals surface area contributed by atoms with Crippen LogP contribution in [0.1, 0.15) is 10.4 Å². The molecule has 0 atom stereocenters. The average Bonchev–Trinajstić information content (AvgIpc) is 2.42. The van der Waals surface area contributed by atoms with Crippen LogP contribution in [0.15, 0.2) is 23.4 Å². The molecule has 0 saturated carbocycles. The van der Waals surface area contributed by atoms with Crippen molar-refractivity contribution < 1.29 is 0 Å². The molecular formula is C10H9NOS. The van der Waals surface area contributed by atoms with Crippen LogP contribution < -0.4 is 0 Å². The molecule has 66 valence electrons. The van der Waals surface area contributed by atoms with Crippen LogP contribution in [0.25, 0.3) is 10.1 Å². The van der Waals surface area contributed by atoms with Crippen LogP contribution in [0.5, 0.6) is 0 Å². The highest BCUT2D eigenvalue weighted by molar-refractivity contribution is 7.19. The molecule has 1 aromatic carbocycles. The lowest BCUT2D eigenvalue weighted by Crippen LogP contribution is -1.69. The zero-order valence-electron chi connectivity index (χ0n) is 7.50. The Labute approximate surface area is 80.2 Å². The van der Waals surface area contributed by atoms with Crippen LogP contribution >= 0.6 is 11.3 Å². The highest BCUT2D eigenvalue weighted by Crippen LogP contribution is 2.32. The Morgan fingerprint density at radius 2 is 2.08 bits per heavy atom. The molecule has 0 saturated heterocycles. The number of nitroso groups, excluding NO2 is 1. The van der Waals surface area contributed by atoms with Crippen molar-refractivity contribution in [3.05, 3.63) is 33.5 Å². The van der Waals surface area contributed by atoms with Gasteiger partial charge in [-0.15, -0.1) is 16.2 Å². The largest absolute Gasteiger partial charge is 0.145 e. The molecule has 1 heterocycles. The Balaban J connectivity index is 2.79. The molecule has 0 bridgehead atoms. The van der Waals surface area contributed by atoms with Crippen molar-refractivity contribution in [2.75, 3.05) is 0 Å². The minimum Gasteiger partial charge on any atom is -0.145 e. The summed E-state index contributed by atoms with van der Waals surface area (Å²) in [5.41, 5.74) is 1.81. The van der Waals surface area contributed by atoms with Crippen LogP contribution in [0.4, 0.5) is 5.69 Å². The predicted molar refractivity (Wildman–Crippen MR) is 56.8 cm³/mol. The van der Waals surface area contributed by atoms with Crippen molar-refractivity contribution in [3.8, 4) is 0 Å². The van der Waals surface area contributed by atoms with Crippen LogP contribution in [-0.4, -0.2) is 0 Å². The van der Waals surface area contributed by atoms with Gasteiger partial charge in [0.05, 0.1) is 0 Å². The molecule has 1 aromatic heterocycles. The summed E-state index contributed by atoms with van der Waals surface area (Å²) < 4.78 is 1.15. The Morgan fingerprint density at radius 1 is 1.31 bits per heavy atom. The smallest absolute Gasteiger partial charge is 0.109 e. The molecule has 0 fully saturated rings. The highest BCUT2D eigenvalue weighted by atomic mass is 32.1. The molecule has 0 aliphatic carbocycles. The van der Waals surface area contributed by atoms with E-state index in [-0.39, 0.29) is 0 Å². The molecule has 0 amide bonds. The van der Waals surface area contributed by atoms with E-state index >= 15 is 0 Å². The number of hydrogen-bond donors (Lipinski definition) is 0. The second-order valence-corrected chi connectivity index (χ2v) is 4.31. The molecule has 3 heteroatoms. The molecule has 0 radical (unpaired) electrons. The molecular weight excluding hydrogens is 182 g/mol. The Kier molecular flexibility index (Phi) is 1.88. The Morgan fingerprint density at radius 3 is 2.77 bits per heavy atom. The topological polar surface area (TPSA) is 29.4 Å². The maximum Gasteiger partial charge on any atom is 0.109 e. The Bertz CT molecular complexity index is 473. The summed E-state index contributed by atoms with van der Waals surface area (Å²) >= 11 is 1.71. The third kappa shape index (κ3) is 1.25. The van der Waals surface area contributed by atoms with E-state index in [0.29, 0.717) is 5.69 Å². The zero-order valence-corrected chi connectivity index (χ0v) is 8.31. The van der Waals surface area contributed by atoms with Gasteiger partial charge in [0.15, 0.2) is 0 Å². The van der Waals surface area contributed by atoms with E-state index in [1.54, 1.807) is 17.4 Å². The minimum atomic E-state index is 0.508. The zero-order chi connectivity index (χ0) is 9.42. The van der Waals surface area contributed by atoms with Gasteiger partial charge in [-0.1, -0.05) is 6.07 Å². The lowest BCUT2D eigenvalue weighted by Gasteiger charge is -1.91. The fraction of sp³-hybridized carbons (Fsp3) is 0.200. The van der Waals surface area contributed by atoms with Crippen molar-refractivity contribution >= 4 is 27.1 Å². The number of nitrogens with zero attached hydrogens (tertiary/aromatic N) is 1. The number of benzene rings is 1. The SMILES string of the molecule is Cc1sc2cc(N=O)ccc2c1C. The monoisotopic (exact) mass is 191 g/mol. The van der Waals surface area contributed by atoms with Crippen molar-refractivity contribution in [1.82, 2.24) is 0 Å². The van der Waals surface area contributed by atoms with Crippen molar-refractivity contribution in [2.45, 2.75) is 13.8 Å². The minimum absolute atomic E-state index is 0.508. The summed E-state index contributed by atoms with van der Waals surface area (Å²) in [6.45, 7) is 4.19. The first-order valence-corrected chi connectivity index (χ1v) is 4.87. The molecule has 0 spiro atoms. The van der Waals surface area contributed by atoms with E-state index in [4.69, 9.17) is 0 Å². The molecule has 0 aliphatic heterocycles. The second-order valence-electron chi connectivity index (χ2n) is 3.05. The lowest BCUT2D eigenvalue weighted by atomic mass is 10.1. The van der Waals surface area contributed by atoms with Gasteiger partial charge in [-0.2, -0.15) is 0 Å². The quantitative estimate of drug-likeness (QED) is 0.628. The first-order valence-electron chi connectivity index (χ1n) is 4.05. The first kappa shape index (κ1) is 8.38. The maximum atomic E-state index is 10.3. The fourth-order valence-corrected chi connectivity index (χ4v) is 2.50. The lowest BCUT2D eigenvalue weighted by molar-refractivity contribution is 1.47. The van der Waals surface area contributed by atoms with Crippen molar-refractivity contribution in [1.29, 1.82) is 0 Å². The van der Waals surface area contributed by atoms with Gasteiger partial charge in [0.1, 0.15) is 5.69 Å². The van der Waals surface area contributed by atoms with Gasteiger partial charge in [-0.3, -0.25) is 0 Å². The molecule has 0 unspecified atom stereocenters. The second kappa shape index (κ2) is 2.92. The number of hydrogen-bond acceptors (Lipinski definition) is 3. The summed E-state index contributed by atoms with van der Waals surface area (Å²) in [4.78, 5) is 11.6. The first-order chi connectivity index (χ1) is 6.22. The van der Waals surface area contributed by atoms with E-state index in [1.165, 1.54) is 15.8 Å². The summed E-state index contributed by atoms with van der Waals surface area (Å²) in [6, 6.07) is 5.56. The van der Waals surface area contributed by atoms with Crippen LogP contribution in [0.3, 0.4) is 0 Å². The fourth-order valence-electron chi connectivity index (χ4n) is 1.39. The third-order valence-corrected chi connectivity index (χ3v) is 3.44. The average molecular weight is 191 g/mol. The molecule has 0 N–H and O–H groups in total. The number of thiophene rings is 1. The molecule has 2 aromatic rings. The van der Waals surface area contributed by atoms with Gasteiger partial charge in [0.2, 0.25) is 0 Å². The van der Waals surface area contributed by atoms with E-state index in [1.807, 2.05) is 12.1 Å². The van der Waals surface area contributed by atoms with Gasteiger partial charge in [-0.05, 0) is 42.1 Å². The van der Waals surface area contributed by atoms with E-state index in [2.05, 4.69) is 19.0 Å². The van der Waals surface area contributed by atoms with Gasteiger partial charge >= 0.3 is 0 Å². The van der Waals surface area contributed by atoms with E-state index in [9.17, 15) is 4.91 Å². The number of aryl methyl sites for hydroxylation is 2. The summed E-state index contributed by atoms with van der Waals surface area (Å²) in [6.07, 6.45) is 0. The van der Waals surface area contributed by atoms with Crippen LogP contribution in [0, 0.1) is 18.8 Å². The maximum absolute atomic E-state index is 10.3. The van der Waals surface area contributed by atoms with Gasteiger partial charge < -0.3 is 0 Å². The summed E-state index contributed by atoms with van der Waals surface area (Å²) in [5.74, 6) is 0. The van der Waals surface area contributed by atoms with Gasteiger partial charge in [0, 0.05) is 9.58 Å².